The van der Waals surface area contributed by atoms with E-state index in [0.717, 1.165) is 23.1 Å². The number of halogens is 1. The van der Waals surface area contributed by atoms with Gasteiger partial charge in [-0.3, -0.25) is 9.59 Å². The molecule has 1 aromatic rings. The Morgan fingerprint density at radius 2 is 2.04 bits per heavy atom. The molecule has 6 heteroatoms. The van der Waals surface area contributed by atoms with Crippen LogP contribution in [-0.4, -0.2) is 41.1 Å². The number of carbonyl (C=O) groups excluding carboxylic acids is 1. The number of piperidine rings is 1. The lowest BCUT2D eigenvalue weighted by molar-refractivity contribution is -0.138. The Bertz CT molecular complexity index is 555. The Morgan fingerprint density at radius 1 is 1.35 bits per heavy atom. The zero-order chi connectivity index (χ0) is 16.8. The van der Waals surface area contributed by atoms with Crippen LogP contribution < -0.4 is 4.74 Å². The minimum atomic E-state index is -0.855. The van der Waals surface area contributed by atoms with E-state index in [1.807, 2.05) is 29.2 Å². The minimum absolute atomic E-state index is 0.0359. The topological polar surface area (TPSA) is 66.8 Å². The largest absolute Gasteiger partial charge is 0.490 e. The van der Waals surface area contributed by atoms with E-state index in [0.29, 0.717) is 19.5 Å². The molecular weight excluding hydrogens is 362 g/mol. The van der Waals surface area contributed by atoms with Gasteiger partial charge in [0.2, 0.25) is 5.91 Å². The zero-order valence-electron chi connectivity index (χ0n) is 13.2. The fourth-order valence-electron chi connectivity index (χ4n) is 2.75. The Hall–Kier alpha value is -1.56. The summed E-state index contributed by atoms with van der Waals surface area (Å²) >= 11 is 3.42. The molecule has 23 heavy (non-hydrogen) atoms. The Morgan fingerprint density at radius 3 is 2.65 bits per heavy atom. The molecule has 5 nitrogen and oxygen atoms in total. The van der Waals surface area contributed by atoms with Crippen LogP contribution in [0, 0.1) is 5.92 Å². The molecular formula is C17H22BrNO4. The van der Waals surface area contributed by atoms with Gasteiger partial charge < -0.3 is 14.7 Å². The van der Waals surface area contributed by atoms with Crippen LogP contribution in [0.5, 0.6) is 5.75 Å². The number of likely N-dealkylation sites (tertiary alicyclic amines) is 1. The van der Waals surface area contributed by atoms with Crippen LogP contribution in [0.25, 0.3) is 0 Å². The minimum Gasteiger partial charge on any atom is -0.490 e. The van der Waals surface area contributed by atoms with Crippen LogP contribution in [0.1, 0.15) is 32.6 Å². The second-order valence-corrected chi connectivity index (χ2v) is 6.98. The van der Waals surface area contributed by atoms with Gasteiger partial charge in [-0.25, -0.2) is 0 Å². The number of ether oxygens (including phenoxy) is 1. The van der Waals surface area contributed by atoms with Crippen molar-refractivity contribution in [1.82, 2.24) is 4.90 Å². The van der Waals surface area contributed by atoms with Gasteiger partial charge in [-0.15, -0.1) is 0 Å². The van der Waals surface area contributed by atoms with E-state index >= 15 is 0 Å². The number of aliphatic carboxylic acids is 1. The van der Waals surface area contributed by atoms with E-state index in [1.54, 1.807) is 6.92 Å². The lowest BCUT2D eigenvalue weighted by Gasteiger charge is -2.32. The van der Waals surface area contributed by atoms with E-state index < -0.39 is 5.97 Å². The maximum absolute atomic E-state index is 12.2. The van der Waals surface area contributed by atoms with Gasteiger partial charge in [-0.1, -0.05) is 28.9 Å². The van der Waals surface area contributed by atoms with E-state index in [1.165, 1.54) is 0 Å². The number of hydrogen-bond acceptors (Lipinski definition) is 3. The normalized spacial score (nSPS) is 16.9. The first-order chi connectivity index (χ1) is 10.9. The highest BCUT2D eigenvalue weighted by atomic mass is 79.9. The molecule has 1 aromatic carbocycles. The van der Waals surface area contributed by atoms with E-state index in [4.69, 9.17) is 9.84 Å². The molecule has 0 radical (unpaired) electrons. The summed E-state index contributed by atoms with van der Waals surface area (Å²) in [6, 6.07) is 7.75. The fraction of sp³-hybridized carbons (Fsp3) is 0.529. The molecule has 0 aromatic heterocycles. The summed E-state index contributed by atoms with van der Waals surface area (Å²) in [5, 5.41) is 8.76. The van der Waals surface area contributed by atoms with Crippen LogP contribution in [0.15, 0.2) is 28.7 Å². The predicted molar refractivity (Wildman–Crippen MR) is 90.4 cm³/mol. The van der Waals surface area contributed by atoms with Gasteiger partial charge in [-0.05, 0) is 24.1 Å². The first kappa shape index (κ1) is 17.8. The average Bonchev–Trinajstić information content (AvgIpc) is 2.47. The molecule has 0 bridgehead atoms. The molecule has 126 valence electrons. The maximum atomic E-state index is 12.2. The van der Waals surface area contributed by atoms with E-state index in [9.17, 15) is 9.59 Å². The number of nitrogens with zero attached hydrogens (tertiary/aromatic N) is 1. The molecule has 0 saturated carbocycles. The van der Waals surface area contributed by atoms with Crippen molar-refractivity contribution in [3.8, 4) is 5.75 Å². The van der Waals surface area contributed by atoms with Gasteiger partial charge in [0.1, 0.15) is 11.9 Å². The third-order valence-electron chi connectivity index (χ3n) is 3.94. The van der Waals surface area contributed by atoms with E-state index in [2.05, 4.69) is 15.9 Å². The number of amides is 1. The summed E-state index contributed by atoms with van der Waals surface area (Å²) in [7, 11) is 0. The molecule has 1 saturated heterocycles. The highest BCUT2D eigenvalue weighted by molar-refractivity contribution is 9.10. The van der Waals surface area contributed by atoms with Crippen LogP contribution in [0.4, 0.5) is 0 Å². The molecule has 2 rings (SSSR count). The number of carbonyl (C=O) groups is 2. The molecule has 0 spiro atoms. The van der Waals surface area contributed by atoms with E-state index in [-0.39, 0.29) is 24.3 Å². The summed E-state index contributed by atoms with van der Waals surface area (Å²) in [6.07, 6.45) is 2.04. The number of hydrogen-bond donors (Lipinski definition) is 1. The Labute approximate surface area is 144 Å². The van der Waals surface area contributed by atoms with Crippen LogP contribution in [-0.2, 0) is 9.59 Å². The third-order valence-corrected chi connectivity index (χ3v) is 4.43. The molecule has 1 amide bonds. The molecule has 1 fully saturated rings. The van der Waals surface area contributed by atoms with Crippen LogP contribution in [0.2, 0.25) is 0 Å². The van der Waals surface area contributed by atoms with Gasteiger partial charge in [0, 0.05) is 43.2 Å². The van der Waals surface area contributed by atoms with Crippen LogP contribution in [0.3, 0.4) is 0 Å². The summed E-state index contributed by atoms with van der Waals surface area (Å²) < 4.78 is 6.93. The summed E-state index contributed by atoms with van der Waals surface area (Å²) in [5.74, 6) is -0.110. The molecule has 0 aliphatic carbocycles. The molecule has 1 aliphatic heterocycles. The molecule has 1 atom stereocenters. The Kier molecular flexibility index (Phi) is 6.45. The van der Waals surface area contributed by atoms with Gasteiger partial charge in [-0.2, -0.15) is 0 Å². The summed E-state index contributed by atoms with van der Waals surface area (Å²) in [6.45, 7) is 3.13. The Balaban J connectivity index is 1.77. The first-order valence-corrected chi connectivity index (χ1v) is 8.65. The lowest BCUT2D eigenvalue weighted by atomic mass is 10.0. The van der Waals surface area contributed by atoms with Gasteiger partial charge in [0.05, 0.1) is 0 Å². The molecule has 1 N–H and O–H groups in total. The first-order valence-electron chi connectivity index (χ1n) is 7.86. The monoisotopic (exact) mass is 383 g/mol. The second-order valence-electron chi connectivity index (χ2n) is 6.06. The van der Waals surface area contributed by atoms with Crippen molar-refractivity contribution < 1.29 is 19.4 Å². The lowest BCUT2D eigenvalue weighted by Crippen LogP contribution is -2.42. The van der Waals surface area contributed by atoms with Gasteiger partial charge in [0.25, 0.3) is 0 Å². The number of carboxylic acids is 1. The maximum Gasteiger partial charge on any atom is 0.303 e. The van der Waals surface area contributed by atoms with Crippen molar-refractivity contribution in [2.75, 3.05) is 13.1 Å². The van der Waals surface area contributed by atoms with Crippen molar-refractivity contribution in [3.63, 3.8) is 0 Å². The number of benzene rings is 1. The quantitative estimate of drug-likeness (QED) is 0.817. The van der Waals surface area contributed by atoms with Crippen molar-refractivity contribution in [1.29, 1.82) is 0 Å². The van der Waals surface area contributed by atoms with Gasteiger partial charge >= 0.3 is 5.97 Å². The van der Waals surface area contributed by atoms with Crippen LogP contribution >= 0.6 is 15.9 Å². The highest BCUT2D eigenvalue weighted by Crippen LogP contribution is 2.23. The SMILES string of the molecule is CC(CC(=O)O)CC(=O)N1CCC(Oc2cccc(Br)c2)CC1. The zero-order valence-corrected chi connectivity index (χ0v) is 14.8. The number of carboxylic acid groups (broad SMARTS) is 1. The smallest absolute Gasteiger partial charge is 0.303 e. The molecule has 1 aliphatic rings. The second kappa shape index (κ2) is 8.34. The molecule has 1 unspecified atom stereocenters. The fourth-order valence-corrected chi connectivity index (χ4v) is 3.13. The summed E-state index contributed by atoms with van der Waals surface area (Å²) in [4.78, 5) is 24.7. The molecule has 1 heterocycles. The van der Waals surface area contributed by atoms with Crippen molar-refractivity contribution >= 4 is 27.8 Å². The standard InChI is InChI=1S/C17H22BrNO4/c1-12(10-17(21)22)9-16(20)19-7-5-14(6-8-19)23-15-4-2-3-13(18)11-15/h2-4,11-12,14H,5-10H2,1H3,(H,21,22). The average molecular weight is 384 g/mol. The predicted octanol–water partition coefficient (Wildman–Crippen LogP) is 3.32. The van der Waals surface area contributed by atoms with Crippen molar-refractivity contribution in [2.45, 2.75) is 38.7 Å². The number of rotatable bonds is 6. The van der Waals surface area contributed by atoms with Crippen molar-refractivity contribution in [2.24, 2.45) is 5.92 Å². The third kappa shape index (κ3) is 5.86. The highest BCUT2D eigenvalue weighted by Gasteiger charge is 2.25. The van der Waals surface area contributed by atoms with Crippen molar-refractivity contribution in [3.05, 3.63) is 28.7 Å². The van der Waals surface area contributed by atoms with Gasteiger partial charge in [0.15, 0.2) is 0 Å². The summed E-state index contributed by atoms with van der Waals surface area (Å²) in [5.41, 5.74) is 0.